The third-order valence-corrected chi connectivity index (χ3v) is 7.75. The van der Waals surface area contributed by atoms with Crippen LogP contribution in [-0.4, -0.2) is 25.1 Å². The Labute approximate surface area is 217 Å². The van der Waals surface area contributed by atoms with Gasteiger partial charge in [0.25, 0.3) is 10.0 Å². The van der Waals surface area contributed by atoms with E-state index in [1.807, 2.05) is 0 Å². The van der Waals surface area contributed by atoms with E-state index in [2.05, 4.69) is 4.98 Å². The fourth-order valence-corrected chi connectivity index (χ4v) is 5.53. The molecule has 200 valence electrons. The summed E-state index contributed by atoms with van der Waals surface area (Å²) in [5.41, 5.74) is -0.760. The molecule has 0 aliphatic rings. The number of hydrogen-bond acceptors (Lipinski definition) is 5. The second-order valence-corrected chi connectivity index (χ2v) is 10.4. The van der Waals surface area contributed by atoms with Crippen molar-refractivity contribution in [1.29, 1.82) is 0 Å². The van der Waals surface area contributed by atoms with Gasteiger partial charge in [0.15, 0.2) is 6.29 Å². The Morgan fingerprint density at radius 3 is 2.39 bits per heavy atom. The number of alkyl halides is 3. The van der Waals surface area contributed by atoms with Crippen molar-refractivity contribution in [2.24, 2.45) is 0 Å². The Bertz CT molecular complexity index is 1560. The van der Waals surface area contributed by atoms with Crippen molar-refractivity contribution in [2.75, 3.05) is 10.9 Å². The van der Waals surface area contributed by atoms with Crippen molar-refractivity contribution in [3.8, 4) is 0 Å². The fourth-order valence-electron chi connectivity index (χ4n) is 4.06. The first-order chi connectivity index (χ1) is 17.9. The molecule has 4 aromatic rings. The number of sulfonamides is 1. The van der Waals surface area contributed by atoms with Crippen molar-refractivity contribution < 1.29 is 35.8 Å². The molecule has 0 bridgehead atoms. The van der Waals surface area contributed by atoms with Crippen molar-refractivity contribution in [2.45, 2.75) is 37.8 Å². The lowest BCUT2D eigenvalue weighted by molar-refractivity contribution is -0.140. The predicted molar refractivity (Wildman–Crippen MR) is 134 cm³/mol. The molecule has 6 nitrogen and oxygen atoms in total. The number of aliphatic hydroxyl groups excluding tert-OH is 1. The van der Waals surface area contributed by atoms with E-state index in [-0.39, 0.29) is 22.9 Å². The number of rotatable bonds is 8. The minimum atomic E-state index is -4.96. The Kier molecular flexibility index (Phi) is 7.73. The number of anilines is 1. The van der Waals surface area contributed by atoms with Gasteiger partial charge in [0.05, 0.1) is 17.0 Å². The number of aromatic nitrogens is 1. The number of halogens is 4. The molecule has 0 fully saturated rings. The summed E-state index contributed by atoms with van der Waals surface area (Å²) in [6, 6.07) is 14.8. The third kappa shape index (κ3) is 5.50. The second kappa shape index (κ2) is 10.7. The molecule has 1 N–H and O–H groups in total. The van der Waals surface area contributed by atoms with Gasteiger partial charge in [-0.25, -0.2) is 22.1 Å². The minimum Gasteiger partial charge on any atom is -0.364 e. The van der Waals surface area contributed by atoms with Crippen LogP contribution in [0.4, 0.5) is 23.4 Å². The number of aryl methyl sites for hydroxylation is 1. The topological polar surface area (TPSA) is 79.7 Å². The van der Waals surface area contributed by atoms with Crippen LogP contribution in [-0.2, 0) is 27.5 Å². The summed E-state index contributed by atoms with van der Waals surface area (Å²) < 4.78 is 87.8. The first kappa shape index (κ1) is 27.5. The molecule has 0 radical (unpaired) electrons. The molecule has 0 amide bonds. The van der Waals surface area contributed by atoms with Crippen molar-refractivity contribution in [1.82, 2.24) is 4.98 Å². The zero-order chi connectivity index (χ0) is 27.7. The van der Waals surface area contributed by atoms with Gasteiger partial charge < -0.3 is 9.84 Å². The highest BCUT2D eigenvalue weighted by Gasteiger charge is 2.35. The molecule has 1 unspecified atom stereocenters. The molecule has 4 rings (SSSR count). The van der Waals surface area contributed by atoms with Crippen LogP contribution in [0.15, 0.2) is 77.8 Å². The van der Waals surface area contributed by atoms with E-state index in [4.69, 9.17) is 4.74 Å². The van der Waals surface area contributed by atoms with E-state index in [1.165, 1.54) is 30.5 Å². The molecule has 0 saturated carbocycles. The van der Waals surface area contributed by atoms with E-state index in [9.17, 15) is 31.1 Å². The maximum absolute atomic E-state index is 13.9. The molecular weight excluding hydrogens is 524 g/mol. The van der Waals surface area contributed by atoms with Gasteiger partial charge in [-0.3, -0.25) is 0 Å². The third-order valence-electron chi connectivity index (χ3n) is 6.00. The molecule has 0 aliphatic heterocycles. The van der Waals surface area contributed by atoms with E-state index in [1.54, 1.807) is 38.1 Å². The minimum absolute atomic E-state index is 0.0139. The quantitative estimate of drug-likeness (QED) is 0.212. The fraction of sp³-hybridized carbons (Fsp3) is 0.222. The van der Waals surface area contributed by atoms with E-state index < -0.39 is 40.4 Å². The zero-order valence-corrected chi connectivity index (χ0v) is 21.2. The second-order valence-electron chi connectivity index (χ2n) is 8.49. The molecule has 1 aromatic heterocycles. The highest BCUT2D eigenvalue weighted by atomic mass is 32.2. The number of nitrogens with zero attached hydrogens (tertiary/aromatic N) is 2. The van der Waals surface area contributed by atoms with Gasteiger partial charge in [-0.2, -0.15) is 13.2 Å². The summed E-state index contributed by atoms with van der Waals surface area (Å²) in [6.07, 6.45) is -4.73. The summed E-state index contributed by atoms with van der Waals surface area (Å²) in [5.74, 6) is -1.45. The normalized spacial score (nSPS) is 13.0. The average molecular weight is 549 g/mol. The summed E-state index contributed by atoms with van der Waals surface area (Å²) in [5, 5.41) is 11.5. The Morgan fingerprint density at radius 1 is 1.05 bits per heavy atom. The van der Waals surface area contributed by atoms with Crippen LogP contribution < -0.4 is 4.31 Å². The van der Waals surface area contributed by atoms with Gasteiger partial charge >= 0.3 is 6.18 Å². The zero-order valence-electron chi connectivity index (χ0n) is 20.4. The van der Waals surface area contributed by atoms with Crippen LogP contribution in [0.25, 0.3) is 10.8 Å². The van der Waals surface area contributed by atoms with Crippen LogP contribution in [0.3, 0.4) is 0 Å². The Hall–Kier alpha value is -3.54. The lowest BCUT2D eigenvalue weighted by Crippen LogP contribution is -2.32. The van der Waals surface area contributed by atoms with Gasteiger partial charge in [0.1, 0.15) is 11.6 Å². The highest BCUT2D eigenvalue weighted by Crippen LogP contribution is 2.35. The van der Waals surface area contributed by atoms with Gasteiger partial charge in [-0.05, 0) is 49.1 Å². The summed E-state index contributed by atoms with van der Waals surface area (Å²) in [7, 11) is -4.38. The van der Waals surface area contributed by atoms with E-state index >= 15 is 0 Å². The molecule has 0 aliphatic carbocycles. The largest absolute Gasteiger partial charge is 0.419 e. The number of hydrogen-bond donors (Lipinski definition) is 1. The maximum Gasteiger partial charge on any atom is 0.419 e. The molecule has 1 heterocycles. The number of pyridine rings is 1. The number of fused-ring (bicyclic) bond motifs is 1. The lowest BCUT2D eigenvalue weighted by Gasteiger charge is -2.26. The molecule has 0 spiro atoms. The summed E-state index contributed by atoms with van der Waals surface area (Å²) >= 11 is 0. The number of ether oxygens (including phenoxy) is 1. The van der Waals surface area contributed by atoms with Crippen molar-refractivity contribution in [3.63, 3.8) is 0 Å². The smallest absolute Gasteiger partial charge is 0.364 e. The Balaban J connectivity index is 1.84. The molecule has 1 atom stereocenters. The Morgan fingerprint density at radius 2 is 1.74 bits per heavy atom. The average Bonchev–Trinajstić information content (AvgIpc) is 2.88. The molecule has 11 heteroatoms. The lowest BCUT2D eigenvalue weighted by atomic mass is 10.1. The highest BCUT2D eigenvalue weighted by molar-refractivity contribution is 7.92. The van der Waals surface area contributed by atoms with Crippen LogP contribution in [0.5, 0.6) is 0 Å². The van der Waals surface area contributed by atoms with E-state index in [0.717, 1.165) is 15.8 Å². The first-order valence-electron chi connectivity index (χ1n) is 11.6. The van der Waals surface area contributed by atoms with Crippen LogP contribution >= 0.6 is 0 Å². The van der Waals surface area contributed by atoms with Crippen molar-refractivity contribution >= 4 is 26.6 Å². The SMILES string of the molecule is CCOC(O)c1ccc(S(=O)(=O)N(Cc2ccc(F)c(C(F)(F)F)c2)c2ncc3ccccc3c2C)cc1. The number of benzene rings is 3. The summed E-state index contributed by atoms with van der Waals surface area (Å²) in [4.78, 5) is 4.16. The molecule has 38 heavy (non-hydrogen) atoms. The summed E-state index contributed by atoms with van der Waals surface area (Å²) in [6.45, 7) is 3.06. The first-order valence-corrected chi connectivity index (χ1v) is 13.0. The van der Waals surface area contributed by atoms with Gasteiger partial charge in [-0.1, -0.05) is 42.5 Å². The van der Waals surface area contributed by atoms with Gasteiger partial charge in [0.2, 0.25) is 0 Å². The monoisotopic (exact) mass is 548 g/mol. The predicted octanol–water partition coefficient (Wildman–Crippen LogP) is 6.12. The molecular formula is C27H24F4N2O4S. The molecule has 3 aromatic carbocycles. The van der Waals surface area contributed by atoms with Crippen molar-refractivity contribution in [3.05, 3.63) is 101 Å². The van der Waals surface area contributed by atoms with E-state index in [0.29, 0.717) is 28.6 Å². The number of aliphatic hydroxyl groups is 1. The van der Waals surface area contributed by atoms with Crippen LogP contribution in [0.2, 0.25) is 0 Å². The van der Waals surface area contributed by atoms with Crippen LogP contribution in [0.1, 0.15) is 35.5 Å². The molecule has 0 saturated heterocycles. The maximum atomic E-state index is 13.9. The van der Waals surface area contributed by atoms with Gasteiger partial charge in [-0.15, -0.1) is 0 Å². The van der Waals surface area contributed by atoms with Gasteiger partial charge in [0, 0.05) is 29.3 Å². The van der Waals surface area contributed by atoms with Crippen LogP contribution in [0, 0.1) is 12.7 Å². The standard InChI is InChI=1S/C27H24F4N2O4S/c1-3-37-26(34)19-9-11-21(12-10-19)38(35,36)33(16-18-8-13-24(28)23(14-18)27(29,30)31)25-17(2)22-7-5-4-6-20(22)15-32-25/h4-15,26,34H,3,16H2,1-2H3.